The van der Waals surface area contributed by atoms with Crippen LogP contribution >= 0.6 is 0 Å². The number of nitrogens with zero attached hydrogens (tertiary/aromatic N) is 4. The first-order chi connectivity index (χ1) is 12.3. The lowest BCUT2D eigenvalue weighted by Crippen LogP contribution is -2.19. The van der Waals surface area contributed by atoms with E-state index < -0.39 is 0 Å². The van der Waals surface area contributed by atoms with Crippen LogP contribution in [0.1, 0.15) is 37.7 Å². The van der Waals surface area contributed by atoms with E-state index in [1.165, 1.54) is 19.3 Å². The van der Waals surface area contributed by atoms with Crippen LogP contribution in [-0.4, -0.2) is 20.7 Å². The van der Waals surface area contributed by atoms with E-state index in [9.17, 15) is 0 Å². The van der Waals surface area contributed by atoms with E-state index in [1.54, 1.807) is 16.6 Å². The van der Waals surface area contributed by atoms with Gasteiger partial charge < -0.3 is 10.1 Å². The average Bonchev–Trinajstić information content (AvgIpc) is 3.05. The number of nitrogens with one attached hydrogen (secondary N) is 1. The smallest absolute Gasteiger partial charge is 0.247 e. The van der Waals surface area contributed by atoms with Crippen molar-refractivity contribution in [1.82, 2.24) is 14.6 Å². The van der Waals surface area contributed by atoms with Crippen LogP contribution in [0.2, 0.25) is 0 Å². The topological polar surface area (TPSA) is 75.2 Å². The van der Waals surface area contributed by atoms with Crippen LogP contribution in [0, 0.1) is 11.3 Å². The Morgan fingerprint density at radius 2 is 1.92 bits per heavy atom. The summed E-state index contributed by atoms with van der Waals surface area (Å²) in [4.78, 5) is 4.50. The van der Waals surface area contributed by atoms with Crippen molar-refractivity contribution >= 4 is 17.3 Å². The number of benzene rings is 1. The Balaban J connectivity index is 1.50. The van der Waals surface area contributed by atoms with Crippen LogP contribution in [-0.2, 0) is 0 Å². The summed E-state index contributed by atoms with van der Waals surface area (Å²) in [7, 11) is 0. The van der Waals surface area contributed by atoms with Gasteiger partial charge in [-0.2, -0.15) is 10.2 Å². The van der Waals surface area contributed by atoms with E-state index in [-0.39, 0.29) is 0 Å². The van der Waals surface area contributed by atoms with Crippen molar-refractivity contribution in [2.45, 2.75) is 38.2 Å². The zero-order valence-electron chi connectivity index (χ0n) is 13.9. The summed E-state index contributed by atoms with van der Waals surface area (Å²) in [5, 5.41) is 16.4. The number of nitriles is 1. The summed E-state index contributed by atoms with van der Waals surface area (Å²) >= 11 is 0. The summed E-state index contributed by atoms with van der Waals surface area (Å²) in [5.74, 6) is 1.36. The molecule has 1 saturated carbocycles. The van der Waals surface area contributed by atoms with Gasteiger partial charge >= 0.3 is 0 Å². The van der Waals surface area contributed by atoms with Gasteiger partial charge in [0.2, 0.25) is 5.95 Å². The Hall–Kier alpha value is -3.07. The Morgan fingerprint density at radius 1 is 1.12 bits per heavy atom. The molecule has 2 heterocycles. The van der Waals surface area contributed by atoms with Crippen molar-refractivity contribution in [3.8, 4) is 11.8 Å². The monoisotopic (exact) mass is 333 g/mol. The van der Waals surface area contributed by atoms with Crippen molar-refractivity contribution in [2.24, 2.45) is 0 Å². The maximum atomic E-state index is 8.85. The second-order valence-corrected chi connectivity index (χ2v) is 6.29. The molecule has 0 radical (unpaired) electrons. The van der Waals surface area contributed by atoms with Gasteiger partial charge in [-0.25, -0.2) is 4.52 Å². The minimum Gasteiger partial charge on any atom is -0.490 e. The Morgan fingerprint density at radius 3 is 2.68 bits per heavy atom. The number of ether oxygens (including phenoxy) is 1. The number of anilines is 2. The van der Waals surface area contributed by atoms with E-state index in [4.69, 9.17) is 10.00 Å². The zero-order chi connectivity index (χ0) is 17.1. The van der Waals surface area contributed by atoms with Crippen LogP contribution in [0.15, 0.2) is 42.6 Å². The van der Waals surface area contributed by atoms with Gasteiger partial charge in [-0.3, -0.25) is 0 Å². The number of hydrogen-bond acceptors (Lipinski definition) is 5. The number of pyridine rings is 1. The van der Waals surface area contributed by atoms with E-state index >= 15 is 0 Å². The molecule has 1 aromatic carbocycles. The fourth-order valence-corrected chi connectivity index (χ4v) is 3.12. The first kappa shape index (κ1) is 15.5. The van der Waals surface area contributed by atoms with Gasteiger partial charge in [0.25, 0.3) is 0 Å². The highest BCUT2D eigenvalue weighted by molar-refractivity contribution is 5.57. The third-order valence-electron chi connectivity index (χ3n) is 4.43. The maximum absolute atomic E-state index is 8.85. The standard InChI is InChI=1S/C19H19N5O/c20-13-14-6-8-15(9-7-14)21-19-22-18-12-17(10-11-24(18)23-19)25-16-4-2-1-3-5-16/h6-12,16H,1-5H2,(H,21,23). The van der Waals surface area contributed by atoms with Crippen molar-refractivity contribution in [3.05, 3.63) is 48.2 Å². The molecule has 6 heteroatoms. The summed E-state index contributed by atoms with van der Waals surface area (Å²) in [6, 6.07) is 13.1. The molecule has 0 spiro atoms. The number of rotatable bonds is 4. The predicted molar refractivity (Wildman–Crippen MR) is 94.9 cm³/mol. The summed E-state index contributed by atoms with van der Waals surface area (Å²) < 4.78 is 7.81. The van der Waals surface area contributed by atoms with Crippen molar-refractivity contribution in [3.63, 3.8) is 0 Å². The second-order valence-electron chi connectivity index (χ2n) is 6.29. The van der Waals surface area contributed by atoms with Crippen LogP contribution in [0.5, 0.6) is 5.75 Å². The number of aromatic nitrogens is 3. The second kappa shape index (κ2) is 6.81. The Labute approximate surface area is 146 Å². The quantitative estimate of drug-likeness (QED) is 0.779. The summed E-state index contributed by atoms with van der Waals surface area (Å²) in [5.41, 5.74) is 2.20. The molecule has 1 fully saturated rings. The van der Waals surface area contributed by atoms with Crippen LogP contribution < -0.4 is 10.1 Å². The molecule has 25 heavy (non-hydrogen) atoms. The molecule has 0 atom stereocenters. The van der Waals surface area contributed by atoms with Gasteiger partial charge in [-0.1, -0.05) is 6.42 Å². The van der Waals surface area contributed by atoms with Gasteiger partial charge in [0.05, 0.1) is 17.7 Å². The average molecular weight is 333 g/mol. The van der Waals surface area contributed by atoms with Gasteiger partial charge in [0.1, 0.15) is 5.75 Å². The van der Waals surface area contributed by atoms with E-state index in [0.29, 0.717) is 17.6 Å². The molecule has 2 aromatic heterocycles. The lowest BCUT2D eigenvalue weighted by Gasteiger charge is -2.22. The molecule has 1 aliphatic carbocycles. The zero-order valence-corrected chi connectivity index (χ0v) is 13.9. The molecular formula is C19H19N5O. The molecular weight excluding hydrogens is 314 g/mol. The van der Waals surface area contributed by atoms with Crippen LogP contribution in [0.25, 0.3) is 5.65 Å². The van der Waals surface area contributed by atoms with Gasteiger partial charge in [0, 0.05) is 18.0 Å². The molecule has 1 aliphatic rings. The van der Waals surface area contributed by atoms with Crippen molar-refractivity contribution in [2.75, 3.05) is 5.32 Å². The molecule has 4 rings (SSSR count). The number of hydrogen-bond donors (Lipinski definition) is 1. The van der Waals surface area contributed by atoms with E-state index in [0.717, 1.165) is 29.9 Å². The first-order valence-corrected chi connectivity index (χ1v) is 8.60. The fourth-order valence-electron chi connectivity index (χ4n) is 3.12. The van der Waals surface area contributed by atoms with E-state index in [2.05, 4.69) is 21.5 Å². The molecule has 0 aliphatic heterocycles. The molecule has 0 bridgehead atoms. The SMILES string of the molecule is N#Cc1ccc(Nc2nc3cc(OC4CCCCC4)ccn3n2)cc1. The predicted octanol–water partition coefficient (Wildman–Crippen LogP) is 4.06. The highest BCUT2D eigenvalue weighted by Crippen LogP contribution is 2.24. The van der Waals surface area contributed by atoms with Gasteiger partial charge in [-0.15, -0.1) is 5.10 Å². The normalized spacial score (nSPS) is 15.0. The summed E-state index contributed by atoms with van der Waals surface area (Å²) in [6.45, 7) is 0. The Kier molecular flexibility index (Phi) is 4.21. The molecule has 3 aromatic rings. The third-order valence-corrected chi connectivity index (χ3v) is 4.43. The minimum atomic E-state index is 0.315. The largest absolute Gasteiger partial charge is 0.490 e. The molecule has 0 saturated heterocycles. The number of fused-ring (bicyclic) bond motifs is 1. The van der Waals surface area contributed by atoms with Crippen molar-refractivity contribution < 1.29 is 4.74 Å². The maximum Gasteiger partial charge on any atom is 0.247 e. The highest BCUT2D eigenvalue weighted by atomic mass is 16.5. The fraction of sp³-hybridized carbons (Fsp3) is 0.316. The molecule has 0 unspecified atom stereocenters. The highest BCUT2D eigenvalue weighted by Gasteiger charge is 2.15. The van der Waals surface area contributed by atoms with Crippen molar-refractivity contribution in [1.29, 1.82) is 5.26 Å². The van der Waals surface area contributed by atoms with Gasteiger partial charge in [-0.05, 0) is 56.0 Å². The lowest BCUT2D eigenvalue weighted by atomic mass is 9.98. The molecule has 0 amide bonds. The van der Waals surface area contributed by atoms with Crippen LogP contribution in [0.3, 0.4) is 0 Å². The first-order valence-electron chi connectivity index (χ1n) is 8.60. The van der Waals surface area contributed by atoms with Gasteiger partial charge in [0.15, 0.2) is 5.65 Å². The lowest BCUT2D eigenvalue weighted by molar-refractivity contribution is 0.155. The molecule has 126 valence electrons. The molecule has 6 nitrogen and oxygen atoms in total. The summed E-state index contributed by atoms with van der Waals surface area (Å²) in [6.07, 6.45) is 8.24. The van der Waals surface area contributed by atoms with E-state index in [1.807, 2.05) is 30.5 Å². The minimum absolute atomic E-state index is 0.315. The Bertz CT molecular complexity index is 904. The molecule has 1 N–H and O–H groups in total. The third kappa shape index (κ3) is 3.56. The van der Waals surface area contributed by atoms with Crippen LogP contribution in [0.4, 0.5) is 11.6 Å².